The van der Waals surface area contributed by atoms with E-state index in [9.17, 15) is 4.79 Å². The van der Waals surface area contributed by atoms with Gasteiger partial charge in [0.15, 0.2) is 0 Å². The highest BCUT2D eigenvalue weighted by Gasteiger charge is 2.04. The van der Waals surface area contributed by atoms with Crippen molar-refractivity contribution in [3.05, 3.63) is 54.1 Å². The van der Waals surface area contributed by atoms with Crippen molar-refractivity contribution >= 4 is 17.3 Å². The topological polar surface area (TPSA) is 50.4 Å². The summed E-state index contributed by atoms with van der Waals surface area (Å²) >= 11 is 0. The summed E-state index contributed by atoms with van der Waals surface area (Å²) < 4.78 is 5.73. The molecule has 0 spiro atoms. The van der Waals surface area contributed by atoms with Crippen molar-refractivity contribution in [1.82, 2.24) is 0 Å². The van der Waals surface area contributed by atoms with E-state index in [0.717, 1.165) is 29.1 Å². The van der Waals surface area contributed by atoms with Crippen LogP contribution in [0.15, 0.2) is 48.5 Å². The van der Waals surface area contributed by atoms with E-state index in [1.807, 2.05) is 55.5 Å². The Hall–Kier alpha value is -2.49. The molecule has 0 saturated heterocycles. The Morgan fingerprint density at radius 3 is 2.58 bits per heavy atom. The molecule has 0 fully saturated rings. The lowest BCUT2D eigenvalue weighted by Crippen LogP contribution is -2.21. The van der Waals surface area contributed by atoms with Crippen LogP contribution in [0.4, 0.5) is 11.4 Å². The van der Waals surface area contributed by atoms with Crippen LogP contribution in [0.25, 0.3) is 0 Å². The standard InChI is InChI=1S/C20H26N2O2/c1-15(2)10-11-24-19-9-5-7-17(13-19)21-14-20(23)22-18-8-4-6-16(3)12-18/h4-9,12-13,15,21H,10-11,14H2,1-3H3,(H,22,23). The number of benzene rings is 2. The van der Waals surface area contributed by atoms with E-state index in [4.69, 9.17) is 4.74 Å². The van der Waals surface area contributed by atoms with Crippen LogP contribution in [0, 0.1) is 12.8 Å². The first kappa shape index (κ1) is 17.9. The maximum Gasteiger partial charge on any atom is 0.243 e. The highest BCUT2D eigenvalue weighted by Crippen LogP contribution is 2.18. The van der Waals surface area contributed by atoms with Gasteiger partial charge in [0.05, 0.1) is 13.2 Å². The molecule has 0 aliphatic heterocycles. The minimum Gasteiger partial charge on any atom is -0.494 e. The molecule has 2 aromatic carbocycles. The molecule has 4 heteroatoms. The van der Waals surface area contributed by atoms with Crippen molar-refractivity contribution in [2.24, 2.45) is 5.92 Å². The molecule has 2 N–H and O–H groups in total. The fraction of sp³-hybridized carbons (Fsp3) is 0.350. The lowest BCUT2D eigenvalue weighted by atomic mass is 10.1. The second kappa shape index (κ2) is 8.96. The predicted octanol–water partition coefficient (Wildman–Crippen LogP) is 4.47. The van der Waals surface area contributed by atoms with Crippen LogP contribution in [0.1, 0.15) is 25.8 Å². The summed E-state index contributed by atoms with van der Waals surface area (Å²) in [5.74, 6) is 1.36. The monoisotopic (exact) mass is 326 g/mol. The van der Waals surface area contributed by atoms with Gasteiger partial charge in [-0.15, -0.1) is 0 Å². The van der Waals surface area contributed by atoms with E-state index in [1.165, 1.54) is 0 Å². The SMILES string of the molecule is Cc1cccc(NC(=O)CNc2cccc(OCCC(C)C)c2)c1. The van der Waals surface area contributed by atoms with Crippen molar-refractivity contribution in [2.75, 3.05) is 23.8 Å². The van der Waals surface area contributed by atoms with E-state index in [0.29, 0.717) is 12.5 Å². The maximum atomic E-state index is 12.0. The van der Waals surface area contributed by atoms with Gasteiger partial charge >= 0.3 is 0 Å². The Bertz CT molecular complexity index is 668. The molecule has 0 saturated carbocycles. The van der Waals surface area contributed by atoms with Crippen molar-refractivity contribution < 1.29 is 9.53 Å². The molecule has 0 aromatic heterocycles. The molecule has 0 bridgehead atoms. The molecular weight excluding hydrogens is 300 g/mol. The molecule has 2 aromatic rings. The van der Waals surface area contributed by atoms with Crippen LogP contribution in [0.3, 0.4) is 0 Å². The van der Waals surface area contributed by atoms with Gasteiger partial charge in [-0.25, -0.2) is 0 Å². The summed E-state index contributed by atoms with van der Waals surface area (Å²) in [5.41, 5.74) is 2.80. The molecule has 4 nitrogen and oxygen atoms in total. The van der Waals surface area contributed by atoms with Gasteiger partial charge in [-0.1, -0.05) is 32.0 Å². The Morgan fingerprint density at radius 2 is 1.83 bits per heavy atom. The van der Waals surface area contributed by atoms with Gasteiger partial charge in [0.2, 0.25) is 5.91 Å². The zero-order valence-corrected chi connectivity index (χ0v) is 14.6. The lowest BCUT2D eigenvalue weighted by molar-refractivity contribution is -0.114. The van der Waals surface area contributed by atoms with Crippen LogP contribution in [-0.2, 0) is 4.79 Å². The maximum absolute atomic E-state index is 12.0. The zero-order chi connectivity index (χ0) is 17.4. The van der Waals surface area contributed by atoms with Gasteiger partial charge < -0.3 is 15.4 Å². The average Bonchev–Trinajstić information content (AvgIpc) is 2.53. The smallest absolute Gasteiger partial charge is 0.243 e. The van der Waals surface area contributed by atoms with Gasteiger partial charge in [-0.3, -0.25) is 4.79 Å². The molecule has 0 radical (unpaired) electrons. The Morgan fingerprint density at radius 1 is 1.08 bits per heavy atom. The minimum absolute atomic E-state index is 0.0771. The van der Waals surface area contributed by atoms with E-state index >= 15 is 0 Å². The summed E-state index contributed by atoms with van der Waals surface area (Å²) in [6, 6.07) is 15.4. The summed E-state index contributed by atoms with van der Waals surface area (Å²) in [7, 11) is 0. The Kier molecular flexibility index (Phi) is 6.67. The average molecular weight is 326 g/mol. The van der Waals surface area contributed by atoms with E-state index in [-0.39, 0.29) is 12.5 Å². The molecule has 0 unspecified atom stereocenters. The Labute approximate surface area is 144 Å². The number of nitrogens with one attached hydrogen (secondary N) is 2. The van der Waals surface area contributed by atoms with Crippen molar-refractivity contribution in [1.29, 1.82) is 0 Å². The number of anilines is 2. The molecule has 2 rings (SSSR count). The van der Waals surface area contributed by atoms with Crippen LogP contribution in [0.2, 0.25) is 0 Å². The zero-order valence-electron chi connectivity index (χ0n) is 14.6. The molecule has 0 aliphatic rings. The normalized spacial score (nSPS) is 10.5. The van der Waals surface area contributed by atoms with Crippen molar-refractivity contribution in [3.63, 3.8) is 0 Å². The summed E-state index contributed by atoms with van der Waals surface area (Å²) in [6.07, 6.45) is 1.02. The molecule has 0 heterocycles. The molecule has 128 valence electrons. The first-order valence-corrected chi connectivity index (χ1v) is 8.36. The van der Waals surface area contributed by atoms with Crippen LogP contribution in [-0.4, -0.2) is 19.1 Å². The molecule has 0 atom stereocenters. The summed E-state index contributed by atoms with van der Waals surface area (Å²) in [4.78, 5) is 12.0. The molecule has 0 aliphatic carbocycles. The fourth-order valence-electron chi connectivity index (χ4n) is 2.22. The van der Waals surface area contributed by atoms with E-state index < -0.39 is 0 Å². The molecule has 24 heavy (non-hydrogen) atoms. The second-order valence-electron chi connectivity index (χ2n) is 6.33. The summed E-state index contributed by atoms with van der Waals surface area (Å²) in [5, 5.41) is 6.01. The third-order valence-corrected chi connectivity index (χ3v) is 3.55. The number of hydrogen-bond acceptors (Lipinski definition) is 3. The minimum atomic E-state index is -0.0771. The first-order valence-electron chi connectivity index (χ1n) is 8.36. The van der Waals surface area contributed by atoms with Crippen molar-refractivity contribution in [3.8, 4) is 5.75 Å². The second-order valence-corrected chi connectivity index (χ2v) is 6.33. The molecule has 1 amide bonds. The quantitative estimate of drug-likeness (QED) is 0.752. The number of rotatable bonds is 8. The highest BCUT2D eigenvalue weighted by atomic mass is 16.5. The number of carbonyl (C=O) groups is 1. The Balaban J connectivity index is 1.81. The third kappa shape index (κ3) is 6.32. The van der Waals surface area contributed by atoms with Gasteiger partial charge in [0.1, 0.15) is 5.75 Å². The number of ether oxygens (including phenoxy) is 1. The number of carbonyl (C=O) groups excluding carboxylic acids is 1. The fourth-order valence-corrected chi connectivity index (χ4v) is 2.22. The van der Waals surface area contributed by atoms with Crippen LogP contribution < -0.4 is 15.4 Å². The van der Waals surface area contributed by atoms with Crippen LogP contribution >= 0.6 is 0 Å². The van der Waals surface area contributed by atoms with E-state index in [1.54, 1.807) is 0 Å². The third-order valence-electron chi connectivity index (χ3n) is 3.55. The molecular formula is C20H26N2O2. The van der Waals surface area contributed by atoms with Gasteiger partial charge in [0.25, 0.3) is 0 Å². The van der Waals surface area contributed by atoms with Gasteiger partial charge in [-0.2, -0.15) is 0 Å². The van der Waals surface area contributed by atoms with Crippen LogP contribution in [0.5, 0.6) is 5.75 Å². The summed E-state index contributed by atoms with van der Waals surface area (Å²) in [6.45, 7) is 7.26. The predicted molar refractivity (Wildman–Crippen MR) is 99.7 cm³/mol. The lowest BCUT2D eigenvalue weighted by Gasteiger charge is -2.11. The highest BCUT2D eigenvalue weighted by molar-refractivity contribution is 5.93. The van der Waals surface area contributed by atoms with Crippen molar-refractivity contribution in [2.45, 2.75) is 27.2 Å². The first-order chi connectivity index (χ1) is 11.5. The largest absolute Gasteiger partial charge is 0.494 e. The van der Waals surface area contributed by atoms with Gasteiger partial charge in [-0.05, 0) is 49.1 Å². The number of hydrogen-bond donors (Lipinski definition) is 2. The number of aryl methyl sites for hydroxylation is 1. The number of amides is 1. The van der Waals surface area contributed by atoms with Gasteiger partial charge in [0, 0.05) is 17.4 Å². The van der Waals surface area contributed by atoms with E-state index in [2.05, 4.69) is 24.5 Å².